The molecule has 0 spiro atoms. The third-order valence-corrected chi connectivity index (χ3v) is 5.29. The van der Waals surface area contributed by atoms with Gasteiger partial charge in [-0.3, -0.25) is 0 Å². The Hall–Kier alpha value is -1.56. The van der Waals surface area contributed by atoms with Crippen molar-refractivity contribution in [2.24, 2.45) is 10.9 Å². The van der Waals surface area contributed by atoms with Crippen molar-refractivity contribution in [3.05, 3.63) is 17.0 Å². The van der Waals surface area contributed by atoms with Crippen LogP contribution in [0.25, 0.3) is 0 Å². The average molecular weight is 348 g/mol. The molecule has 1 aromatic heterocycles. The third kappa shape index (κ3) is 4.75. The monoisotopic (exact) mass is 347 g/mol. The molecule has 1 saturated heterocycles. The molecule has 3 rings (SSSR count). The maximum Gasteiger partial charge on any atom is 0.191 e. The van der Waals surface area contributed by atoms with Gasteiger partial charge in [-0.1, -0.05) is 19.0 Å². The fourth-order valence-corrected chi connectivity index (χ4v) is 3.66. The summed E-state index contributed by atoms with van der Waals surface area (Å²) in [7, 11) is 0. The number of guanidine groups is 1. The Morgan fingerprint density at radius 1 is 1.20 bits per heavy atom. The largest absolute Gasteiger partial charge is 0.361 e. The molecule has 0 aromatic carbocycles. The Morgan fingerprint density at radius 3 is 2.72 bits per heavy atom. The van der Waals surface area contributed by atoms with E-state index in [1.54, 1.807) is 0 Å². The van der Waals surface area contributed by atoms with Gasteiger partial charge in [0.15, 0.2) is 5.96 Å². The Kier molecular flexibility index (Phi) is 6.34. The highest BCUT2D eigenvalue weighted by Crippen LogP contribution is 2.31. The van der Waals surface area contributed by atoms with E-state index in [1.165, 1.54) is 32.4 Å². The number of hydrogen-bond acceptors (Lipinski definition) is 4. The van der Waals surface area contributed by atoms with Gasteiger partial charge >= 0.3 is 0 Å². The number of nitrogens with zero attached hydrogens (tertiary/aromatic N) is 3. The van der Waals surface area contributed by atoms with Gasteiger partial charge in [0.2, 0.25) is 0 Å². The lowest BCUT2D eigenvalue weighted by Crippen LogP contribution is -2.40. The van der Waals surface area contributed by atoms with Crippen LogP contribution >= 0.6 is 0 Å². The van der Waals surface area contributed by atoms with Crippen molar-refractivity contribution in [1.29, 1.82) is 0 Å². The van der Waals surface area contributed by atoms with Gasteiger partial charge in [0.1, 0.15) is 5.76 Å². The van der Waals surface area contributed by atoms with Crippen molar-refractivity contribution in [1.82, 2.24) is 20.7 Å². The predicted molar refractivity (Wildman–Crippen MR) is 101 cm³/mol. The van der Waals surface area contributed by atoms with Gasteiger partial charge < -0.3 is 20.1 Å². The van der Waals surface area contributed by atoms with Gasteiger partial charge in [0.05, 0.1) is 12.2 Å². The minimum Gasteiger partial charge on any atom is -0.361 e. The van der Waals surface area contributed by atoms with Gasteiger partial charge in [-0.2, -0.15) is 0 Å². The van der Waals surface area contributed by atoms with Crippen LogP contribution in [0, 0.1) is 5.92 Å². The summed E-state index contributed by atoms with van der Waals surface area (Å²) in [6.07, 6.45) is 5.86. The van der Waals surface area contributed by atoms with E-state index < -0.39 is 0 Å². The molecular weight excluding hydrogens is 314 g/mol. The zero-order chi connectivity index (χ0) is 17.6. The fraction of sp³-hybridized carbons (Fsp3) is 0.789. The summed E-state index contributed by atoms with van der Waals surface area (Å²) in [5.41, 5.74) is 2.19. The molecule has 2 heterocycles. The van der Waals surface area contributed by atoms with Gasteiger partial charge in [0.25, 0.3) is 0 Å². The Labute approximate surface area is 151 Å². The van der Waals surface area contributed by atoms with Crippen molar-refractivity contribution in [2.45, 2.75) is 65.5 Å². The first-order chi connectivity index (χ1) is 12.2. The van der Waals surface area contributed by atoms with Crippen molar-refractivity contribution in [3.8, 4) is 0 Å². The summed E-state index contributed by atoms with van der Waals surface area (Å²) >= 11 is 0. The topological polar surface area (TPSA) is 65.7 Å². The number of rotatable bonds is 8. The molecule has 6 nitrogen and oxygen atoms in total. The second-order valence-corrected chi connectivity index (χ2v) is 7.19. The molecule has 2 fully saturated rings. The van der Waals surface area contributed by atoms with Gasteiger partial charge in [-0.15, -0.1) is 0 Å². The highest BCUT2D eigenvalue weighted by molar-refractivity contribution is 5.79. The van der Waals surface area contributed by atoms with E-state index >= 15 is 0 Å². The number of aliphatic imine (C=N–C) groups is 1. The molecule has 2 aliphatic rings. The van der Waals surface area contributed by atoms with Crippen LogP contribution < -0.4 is 10.6 Å². The molecule has 1 aliphatic carbocycles. The molecule has 25 heavy (non-hydrogen) atoms. The summed E-state index contributed by atoms with van der Waals surface area (Å²) in [5, 5.41) is 11.1. The normalized spacial score (nSPS) is 21.7. The molecule has 1 unspecified atom stereocenters. The minimum atomic E-state index is 0.629. The molecule has 0 radical (unpaired) electrons. The van der Waals surface area contributed by atoms with Gasteiger partial charge in [-0.05, 0) is 45.1 Å². The Morgan fingerprint density at radius 2 is 2.04 bits per heavy atom. The molecule has 6 heteroatoms. The SMILES string of the molecule is CCNC(=NCc1c(CC)noc1CC)NCC1CCN(C2CC2)C1. The number of hydrogen-bond donors (Lipinski definition) is 2. The molecule has 2 N–H and O–H groups in total. The van der Waals surface area contributed by atoms with Crippen LogP contribution in [0.3, 0.4) is 0 Å². The third-order valence-electron chi connectivity index (χ3n) is 5.29. The number of aryl methyl sites for hydroxylation is 2. The Bertz CT molecular complexity index is 557. The molecule has 1 aliphatic heterocycles. The fourth-order valence-electron chi connectivity index (χ4n) is 3.66. The minimum absolute atomic E-state index is 0.629. The summed E-state index contributed by atoms with van der Waals surface area (Å²) in [4.78, 5) is 7.44. The van der Waals surface area contributed by atoms with Crippen LogP contribution in [-0.4, -0.2) is 48.2 Å². The van der Waals surface area contributed by atoms with E-state index in [4.69, 9.17) is 9.52 Å². The van der Waals surface area contributed by atoms with Crippen LogP contribution in [0.4, 0.5) is 0 Å². The smallest absolute Gasteiger partial charge is 0.191 e. The van der Waals surface area contributed by atoms with Gasteiger partial charge in [0, 0.05) is 37.7 Å². The van der Waals surface area contributed by atoms with Gasteiger partial charge in [-0.25, -0.2) is 4.99 Å². The van der Waals surface area contributed by atoms with Crippen LogP contribution in [0.1, 0.15) is 57.1 Å². The number of aromatic nitrogens is 1. The molecule has 1 saturated carbocycles. The van der Waals surface area contributed by atoms with Crippen LogP contribution in [0.15, 0.2) is 9.52 Å². The van der Waals surface area contributed by atoms with E-state index in [1.807, 2.05) is 0 Å². The van der Waals surface area contributed by atoms with E-state index in [9.17, 15) is 0 Å². The van der Waals surface area contributed by atoms with E-state index in [0.717, 1.165) is 60.9 Å². The highest BCUT2D eigenvalue weighted by atomic mass is 16.5. The first-order valence-corrected chi connectivity index (χ1v) is 9.97. The van der Waals surface area contributed by atoms with E-state index in [0.29, 0.717) is 6.54 Å². The highest BCUT2D eigenvalue weighted by Gasteiger charge is 2.34. The lowest BCUT2D eigenvalue weighted by atomic mass is 10.1. The maximum absolute atomic E-state index is 5.44. The van der Waals surface area contributed by atoms with E-state index in [-0.39, 0.29) is 0 Å². The van der Waals surface area contributed by atoms with Crippen molar-refractivity contribution in [2.75, 3.05) is 26.2 Å². The second-order valence-electron chi connectivity index (χ2n) is 7.19. The van der Waals surface area contributed by atoms with Crippen molar-refractivity contribution < 1.29 is 4.52 Å². The van der Waals surface area contributed by atoms with Crippen LogP contribution in [0.5, 0.6) is 0 Å². The van der Waals surface area contributed by atoms with Crippen molar-refractivity contribution >= 4 is 5.96 Å². The molecule has 0 amide bonds. The first kappa shape index (κ1) is 18.2. The quantitative estimate of drug-likeness (QED) is 0.558. The zero-order valence-electron chi connectivity index (χ0n) is 16.0. The molecular formula is C19H33N5O. The van der Waals surface area contributed by atoms with Crippen LogP contribution in [-0.2, 0) is 19.4 Å². The summed E-state index contributed by atoms with van der Waals surface area (Å²) in [6.45, 7) is 11.3. The van der Waals surface area contributed by atoms with Crippen LogP contribution in [0.2, 0.25) is 0 Å². The first-order valence-electron chi connectivity index (χ1n) is 9.97. The molecule has 1 atom stereocenters. The maximum atomic E-state index is 5.44. The predicted octanol–water partition coefficient (Wildman–Crippen LogP) is 2.34. The summed E-state index contributed by atoms with van der Waals surface area (Å²) in [6, 6.07) is 0.889. The lowest BCUT2D eigenvalue weighted by Gasteiger charge is -2.17. The lowest BCUT2D eigenvalue weighted by molar-refractivity contribution is 0.314. The molecule has 140 valence electrons. The zero-order valence-corrected chi connectivity index (χ0v) is 16.0. The molecule has 0 bridgehead atoms. The standard InChI is InChI=1S/C19H33N5O/c1-4-17-16(18(5-2)25-23-17)12-22-19(20-6-3)21-11-14-9-10-24(13-14)15-7-8-15/h14-15H,4-13H2,1-3H3,(H2,20,21,22). The molecule has 1 aromatic rings. The van der Waals surface area contributed by atoms with Crippen molar-refractivity contribution in [3.63, 3.8) is 0 Å². The Balaban J connectivity index is 1.55. The second kappa shape index (κ2) is 8.70. The number of likely N-dealkylation sites (tertiary alicyclic amines) is 1. The van der Waals surface area contributed by atoms with E-state index in [2.05, 4.69) is 41.5 Å². The average Bonchev–Trinajstić information content (AvgIpc) is 3.23. The summed E-state index contributed by atoms with van der Waals surface area (Å²) in [5.74, 6) is 2.60. The summed E-state index contributed by atoms with van der Waals surface area (Å²) < 4.78 is 5.44. The number of nitrogens with one attached hydrogen (secondary N) is 2.